The molecule has 0 aliphatic carbocycles. The van der Waals surface area contributed by atoms with Gasteiger partial charge in [-0.1, -0.05) is 12.1 Å². The Labute approximate surface area is 329 Å². The smallest absolute Gasteiger partial charge is 0.407 e. The van der Waals surface area contributed by atoms with Gasteiger partial charge in [0, 0.05) is 24.7 Å². The van der Waals surface area contributed by atoms with E-state index in [1.54, 1.807) is 45.0 Å². The second kappa shape index (κ2) is 21.1. The molecule has 2 unspecified atom stereocenters. The maximum absolute atomic E-state index is 13.7. The zero-order valence-electron chi connectivity index (χ0n) is 34.5. The van der Waals surface area contributed by atoms with Crippen LogP contribution >= 0.6 is 0 Å². The number of hydrogen-bond acceptors (Lipinski definition) is 11. The Hall–Kier alpha value is -5.38. The summed E-state index contributed by atoms with van der Waals surface area (Å²) in [5, 5.41) is 10.6. The van der Waals surface area contributed by atoms with Gasteiger partial charge in [-0.2, -0.15) is 0 Å². The molecule has 16 heteroatoms. The number of likely N-dealkylation sites (N-methyl/N-ethyl adjacent to an activating group) is 1. The van der Waals surface area contributed by atoms with Gasteiger partial charge in [0.15, 0.2) is 5.78 Å². The predicted molar refractivity (Wildman–Crippen MR) is 211 cm³/mol. The number of amides is 5. The minimum Gasteiger partial charge on any atom is -0.493 e. The maximum atomic E-state index is 13.7. The van der Waals surface area contributed by atoms with Gasteiger partial charge in [-0.3, -0.25) is 19.2 Å². The number of rotatable bonds is 10. The monoisotopic (exact) mass is 784 g/mol. The zero-order chi connectivity index (χ0) is 42.4. The van der Waals surface area contributed by atoms with Crippen molar-refractivity contribution < 1.29 is 47.7 Å². The first-order valence-corrected chi connectivity index (χ1v) is 18.6. The van der Waals surface area contributed by atoms with E-state index in [4.69, 9.17) is 24.7 Å². The highest BCUT2D eigenvalue weighted by molar-refractivity contribution is 5.95. The van der Waals surface area contributed by atoms with Gasteiger partial charge in [-0.05, 0) is 111 Å². The molecule has 16 nitrogen and oxygen atoms in total. The number of benzene rings is 2. The number of nitrogens with one attached hydrogen (secondary N) is 4. The van der Waals surface area contributed by atoms with E-state index >= 15 is 0 Å². The van der Waals surface area contributed by atoms with Crippen molar-refractivity contribution in [2.75, 3.05) is 39.9 Å². The summed E-state index contributed by atoms with van der Waals surface area (Å²) >= 11 is 0. The molecule has 5 amide bonds. The predicted octanol–water partition coefficient (Wildman–Crippen LogP) is 3.78. The normalized spacial score (nSPS) is 17.0. The number of ketones is 1. The SMILES string of the molecule is CCNC(=O)OC(C)(C)C.CCOc1ccc2cc1-c1cc(ccc1OCCNC(=O)OC(C)(C)C)C(N(C)C(=O)CN)C(=O)N[C@@H](C)C(=O)NC(C(C)=O)C2. The van der Waals surface area contributed by atoms with E-state index in [0.29, 0.717) is 41.3 Å². The van der Waals surface area contributed by atoms with Crippen LogP contribution in [0, 0.1) is 0 Å². The van der Waals surface area contributed by atoms with E-state index < -0.39 is 47.5 Å². The first-order valence-electron chi connectivity index (χ1n) is 18.6. The zero-order valence-corrected chi connectivity index (χ0v) is 34.5. The van der Waals surface area contributed by atoms with Gasteiger partial charge in [-0.25, -0.2) is 9.59 Å². The third-order valence-corrected chi connectivity index (χ3v) is 7.90. The molecule has 56 heavy (non-hydrogen) atoms. The summed E-state index contributed by atoms with van der Waals surface area (Å²) in [6.07, 6.45) is -0.745. The van der Waals surface area contributed by atoms with Gasteiger partial charge in [0.05, 0.1) is 25.7 Å². The number of carbonyl (C=O) groups is 6. The summed E-state index contributed by atoms with van der Waals surface area (Å²) in [6, 6.07) is 7.43. The van der Waals surface area contributed by atoms with Crippen LogP contribution in [0.4, 0.5) is 9.59 Å². The molecule has 3 rings (SSSR count). The fourth-order valence-corrected chi connectivity index (χ4v) is 5.36. The Kier molecular flexibility index (Phi) is 17.6. The van der Waals surface area contributed by atoms with Crippen LogP contribution in [-0.2, 0) is 35.1 Å². The highest BCUT2D eigenvalue weighted by Crippen LogP contribution is 2.40. The van der Waals surface area contributed by atoms with Crippen molar-refractivity contribution in [3.63, 3.8) is 0 Å². The molecule has 4 bridgehead atoms. The lowest BCUT2D eigenvalue weighted by molar-refractivity contribution is -0.139. The fraction of sp³-hybridized carbons (Fsp3) is 0.550. The van der Waals surface area contributed by atoms with Crippen LogP contribution in [0.25, 0.3) is 11.1 Å². The van der Waals surface area contributed by atoms with Crippen molar-refractivity contribution in [2.24, 2.45) is 5.73 Å². The second-order valence-electron chi connectivity index (χ2n) is 15.0. The van der Waals surface area contributed by atoms with Crippen LogP contribution in [0.5, 0.6) is 11.5 Å². The number of nitrogens with two attached hydrogens (primary N) is 1. The second-order valence-corrected chi connectivity index (χ2v) is 15.0. The van der Waals surface area contributed by atoms with Crippen LogP contribution in [0.2, 0.25) is 0 Å². The van der Waals surface area contributed by atoms with Crippen molar-refractivity contribution in [2.45, 2.75) is 105 Å². The lowest BCUT2D eigenvalue weighted by Crippen LogP contribution is -2.53. The fourth-order valence-electron chi connectivity index (χ4n) is 5.36. The quantitative estimate of drug-likeness (QED) is 0.219. The maximum Gasteiger partial charge on any atom is 0.407 e. The minimum absolute atomic E-state index is 0.0840. The Balaban J connectivity index is 0.000000949. The molecule has 0 radical (unpaired) electrons. The molecule has 1 aliphatic rings. The number of nitrogens with zero attached hydrogens (tertiary/aromatic N) is 1. The molecule has 2 aromatic carbocycles. The molecule has 0 saturated heterocycles. The summed E-state index contributed by atoms with van der Waals surface area (Å²) in [5.74, 6) is -1.00. The molecule has 0 saturated carbocycles. The van der Waals surface area contributed by atoms with Gasteiger partial charge >= 0.3 is 12.2 Å². The van der Waals surface area contributed by atoms with Crippen LogP contribution in [-0.4, -0.2) is 104 Å². The Bertz CT molecular complexity index is 1700. The van der Waals surface area contributed by atoms with Crippen LogP contribution in [0.15, 0.2) is 36.4 Å². The Morgan fingerprint density at radius 2 is 1.41 bits per heavy atom. The molecule has 1 aliphatic heterocycles. The molecular formula is C40H60N6O10. The van der Waals surface area contributed by atoms with E-state index in [9.17, 15) is 28.8 Å². The summed E-state index contributed by atoms with van der Waals surface area (Å²) in [6.45, 7) is 18.2. The van der Waals surface area contributed by atoms with Crippen molar-refractivity contribution >= 4 is 35.7 Å². The highest BCUT2D eigenvalue weighted by Gasteiger charge is 2.32. The lowest BCUT2D eigenvalue weighted by Gasteiger charge is -2.30. The minimum atomic E-state index is -1.17. The van der Waals surface area contributed by atoms with Crippen molar-refractivity contribution in [3.05, 3.63) is 47.5 Å². The molecule has 2 aromatic rings. The topological polar surface area (TPSA) is 217 Å². The van der Waals surface area contributed by atoms with E-state index in [0.717, 1.165) is 5.56 Å². The standard InChI is InChI=1S/C33H45N5O8.C7H15NO2/c1-8-44-26-11-9-21-15-23(26)24-17-22(10-12-27(24)45-14-13-35-32(43)46-33(4,5)6)29(38(7)28(40)18-34)31(42)36-19(2)30(41)37-25(16-21)20(3)39;1-5-8-6(9)10-7(2,3)4/h9-12,15,17,19,25,29H,8,13-14,16,18,34H2,1-7H3,(H,35,43)(H,36,42)(H,37,41);5H2,1-4H3,(H,8,9)/t19-,25?,29?;/m0./s1. The highest BCUT2D eigenvalue weighted by atomic mass is 16.6. The molecule has 3 atom stereocenters. The Morgan fingerprint density at radius 3 is 1.96 bits per heavy atom. The largest absolute Gasteiger partial charge is 0.493 e. The van der Waals surface area contributed by atoms with Crippen molar-refractivity contribution in [1.82, 2.24) is 26.2 Å². The molecule has 1 heterocycles. The van der Waals surface area contributed by atoms with Crippen molar-refractivity contribution in [1.29, 1.82) is 0 Å². The number of fused-ring (bicyclic) bond motifs is 5. The molecule has 0 fully saturated rings. The first-order chi connectivity index (χ1) is 26.1. The third kappa shape index (κ3) is 15.0. The van der Waals surface area contributed by atoms with E-state index in [2.05, 4.69) is 21.3 Å². The average Bonchev–Trinajstić information content (AvgIpc) is 3.08. The number of alkyl carbamates (subject to hydrolysis) is 2. The summed E-state index contributed by atoms with van der Waals surface area (Å²) in [4.78, 5) is 76.3. The van der Waals surface area contributed by atoms with Gasteiger partial charge in [0.2, 0.25) is 17.7 Å². The van der Waals surface area contributed by atoms with Gasteiger partial charge in [0.25, 0.3) is 0 Å². The van der Waals surface area contributed by atoms with Crippen LogP contribution in [0.3, 0.4) is 0 Å². The van der Waals surface area contributed by atoms with Gasteiger partial charge in [0.1, 0.15) is 41.4 Å². The summed E-state index contributed by atoms with van der Waals surface area (Å²) in [7, 11) is 1.46. The third-order valence-electron chi connectivity index (χ3n) is 7.90. The Morgan fingerprint density at radius 1 is 0.839 bits per heavy atom. The van der Waals surface area contributed by atoms with Crippen LogP contribution < -0.4 is 36.5 Å². The van der Waals surface area contributed by atoms with Gasteiger partial charge < -0.3 is 50.8 Å². The van der Waals surface area contributed by atoms with Gasteiger partial charge in [-0.15, -0.1) is 0 Å². The van der Waals surface area contributed by atoms with Crippen molar-refractivity contribution in [3.8, 4) is 22.6 Å². The average molecular weight is 785 g/mol. The van der Waals surface area contributed by atoms with Crippen LogP contribution in [0.1, 0.15) is 86.4 Å². The van der Waals surface area contributed by atoms with E-state index in [1.807, 2.05) is 46.8 Å². The summed E-state index contributed by atoms with van der Waals surface area (Å²) in [5.41, 5.74) is 6.92. The molecule has 0 spiro atoms. The molecule has 6 N–H and O–H groups in total. The molecule has 0 aromatic heterocycles. The van der Waals surface area contributed by atoms with E-state index in [1.165, 1.54) is 25.8 Å². The number of Topliss-reactive ketones (excluding diaryl/α,β-unsaturated/α-hetero) is 1. The number of ether oxygens (including phenoxy) is 4. The molecular weight excluding hydrogens is 724 g/mol. The number of hydrogen-bond donors (Lipinski definition) is 5. The lowest BCUT2D eigenvalue weighted by atomic mass is 9.93. The first kappa shape index (κ1) is 46.8. The number of carbonyl (C=O) groups excluding carboxylic acids is 6. The molecule has 310 valence electrons. The van der Waals surface area contributed by atoms with E-state index in [-0.39, 0.29) is 43.6 Å². The summed E-state index contributed by atoms with van der Waals surface area (Å²) < 4.78 is 22.3.